The zero-order chi connectivity index (χ0) is 8.36. The minimum absolute atomic E-state index is 1.23. The van der Waals surface area contributed by atoms with E-state index >= 15 is 0 Å². The Morgan fingerprint density at radius 2 is 1.18 bits per heavy atom. The summed E-state index contributed by atoms with van der Waals surface area (Å²) in [5.41, 5.74) is 0. The molecular weight excluding hydrogens is 170 g/mol. The minimum Gasteiger partial charge on any atom is -0.122 e. The maximum atomic E-state index is 2.29. The minimum atomic E-state index is 1.23. The predicted molar refractivity (Wildman–Crippen MR) is 61.3 cm³/mol. The van der Waals surface area contributed by atoms with Gasteiger partial charge in [0, 0.05) is 0 Å². The van der Waals surface area contributed by atoms with Crippen molar-refractivity contribution in [2.24, 2.45) is 0 Å². The van der Waals surface area contributed by atoms with Crippen molar-refractivity contribution in [3.8, 4) is 0 Å². The molecule has 0 amide bonds. The van der Waals surface area contributed by atoms with Gasteiger partial charge in [0.2, 0.25) is 0 Å². The summed E-state index contributed by atoms with van der Waals surface area (Å²) < 4.78 is 0. The highest BCUT2D eigenvalue weighted by Crippen LogP contribution is 2.15. The number of hydrogen-bond acceptors (Lipinski definition) is 0. The highest BCUT2D eigenvalue weighted by molar-refractivity contribution is 7.38. The van der Waals surface area contributed by atoms with Crippen LogP contribution in [0.25, 0.3) is 0 Å². The van der Waals surface area contributed by atoms with Crippen LogP contribution in [0.1, 0.15) is 33.1 Å². The molecule has 0 aliphatic carbocycles. The fourth-order valence-corrected chi connectivity index (χ4v) is 2.74. The van der Waals surface area contributed by atoms with E-state index in [1.807, 2.05) is 0 Å². The normalized spacial score (nSPS) is 12.5. The molecule has 2 atom stereocenters. The van der Waals surface area contributed by atoms with E-state index in [0.717, 1.165) is 0 Å². The van der Waals surface area contributed by atoms with Crippen LogP contribution in [0.5, 0.6) is 0 Å². The van der Waals surface area contributed by atoms with Gasteiger partial charge in [-0.1, -0.05) is 20.3 Å². The van der Waals surface area contributed by atoms with Gasteiger partial charge in [-0.15, -0.1) is 17.2 Å². The van der Waals surface area contributed by atoms with Crippen LogP contribution in [-0.4, -0.2) is 24.6 Å². The van der Waals surface area contributed by atoms with E-state index in [1.165, 1.54) is 61.1 Å². The summed E-state index contributed by atoms with van der Waals surface area (Å²) in [6, 6.07) is 0. The van der Waals surface area contributed by atoms with Crippen LogP contribution in [0.15, 0.2) is 0 Å². The highest BCUT2D eigenvalue weighted by Gasteiger charge is 1.88. The average molecular weight is 192 g/mol. The molecule has 0 saturated heterocycles. The molecule has 68 valence electrons. The quantitative estimate of drug-likeness (QED) is 0.407. The van der Waals surface area contributed by atoms with Crippen molar-refractivity contribution in [1.82, 2.24) is 0 Å². The molecule has 0 radical (unpaired) electrons. The molecule has 0 aliphatic rings. The van der Waals surface area contributed by atoms with Crippen LogP contribution in [0, 0.1) is 0 Å². The monoisotopic (exact) mass is 192 g/mol. The average Bonchev–Trinajstić information content (AvgIpc) is 2.03. The maximum absolute atomic E-state index is 2.29. The number of hydrogen-bond donors (Lipinski definition) is 0. The van der Waals surface area contributed by atoms with Gasteiger partial charge in [0.15, 0.2) is 0 Å². The molecule has 0 aromatic rings. The van der Waals surface area contributed by atoms with Gasteiger partial charge in [-0.05, 0) is 37.5 Å². The Bertz CT molecular complexity index is 56.6. The molecule has 0 saturated carbocycles. The largest absolute Gasteiger partial charge is 0.122 e. The Morgan fingerprint density at radius 3 is 1.55 bits per heavy atom. The lowest BCUT2D eigenvalue weighted by Crippen LogP contribution is -1.82. The topological polar surface area (TPSA) is 0 Å². The molecule has 11 heavy (non-hydrogen) atoms. The van der Waals surface area contributed by atoms with Gasteiger partial charge in [0.1, 0.15) is 0 Å². The second-order valence-corrected chi connectivity index (χ2v) is 6.18. The van der Waals surface area contributed by atoms with E-state index in [2.05, 4.69) is 13.8 Å². The number of unbranched alkanes of at least 4 members (excludes halogenated alkanes) is 2. The van der Waals surface area contributed by atoms with Crippen LogP contribution in [0.2, 0.25) is 0 Å². The van der Waals surface area contributed by atoms with E-state index in [9.17, 15) is 0 Å². The molecule has 0 aromatic heterocycles. The van der Waals surface area contributed by atoms with E-state index < -0.39 is 0 Å². The lowest BCUT2D eigenvalue weighted by molar-refractivity contribution is 0.782. The lowest BCUT2D eigenvalue weighted by atomic mass is 10.3. The summed E-state index contributed by atoms with van der Waals surface area (Å²) >= 11 is 0. The summed E-state index contributed by atoms with van der Waals surface area (Å²) in [6.07, 6.45) is 10.2. The van der Waals surface area contributed by atoms with Crippen molar-refractivity contribution in [1.29, 1.82) is 0 Å². The SMILES string of the molecule is CCPCCCCCPCC. The van der Waals surface area contributed by atoms with E-state index in [4.69, 9.17) is 0 Å². The van der Waals surface area contributed by atoms with Gasteiger partial charge in [0.25, 0.3) is 0 Å². The molecule has 0 bridgehead atoms. The Morgan fingerprint density at radius 1 is 0.727 bits per heavy atom. The zero-order valence-corrected chi connectivity index (χ0v) is 9.95. The first-order chi connectivity index (χ1) is 5.41. The van der Waals surface area contributed by atoms with Crippen molar-refractivity contribution in [3.63, 3.8) is 0 Å². The third-order valence-electron chi connectivity index (χ3n) is 1.71. The number of rotatable bonds is 8. The van der Waals surface area contributed by atoms with Gasteiger partial charge in [-0.25, -0.2) is 0 Å². The van der Waals surface area contributed by atoms with E-state index in [-0.39, 0.29) is 0 Å². The Hall–Kier alpha value is 0.860. The van der Waals surface area contributed by atoms with Gasteiger partial charge in [0.05, 0.1) is 0 Å². The van der Waals surface area contributed by atoms with Crippen LogP contribution in [-0.2, 0) is 0 Å². The van der Waals surface area contributed by atoms with E-state index in [0.29, 0.717) is 0 Å². The van der Waals surface area contributed by atoms with Crippen molar-refractivity contribution in [2.75, 3.05) is 24.6 Å². The van der Waals surface area contributed by atoms with Gasteiger partial charge in [-0.2, -0.15) is 0 Å². The van der Waals surface area contributed by atoms with Crippen molar-refractivity contribution in [2.45, 2.75) is 33.1 Å². The molecule has 0 spiro atoms. The molecule has 0 nitrogen and oxygen atoms in total. The van der Waals surface area contributed by atoms with Gasteiger partial charge >= 0.3 is 0 Å². The standard InChI is InChI=1S/C9H22P2/c1-3-10-8-6-5-7-9-11-4-2/h10-11H,3-9H2,1-2H3. The third-order valence-corrected chi connectivity index (χ3v) is 4.12. The Labute approximate surface area is 75.5 Å². The molecular formula is C9H22P2. The van der Waals surface area contributed by atoms with E-state index in [1.54, 1.807) is 0 Å². The Kier molecular flexibility index (Phi) is 11.7. The highest BCUT2D eigenvalue weighted by atomic mass is 31.1. The van der Waals surface area contributed by atoms with Gasteiger partial charge < -0.3 is 0 Å². The first-order valence-electron chi connectivity index (χ1n) is 4.83. The third kappa shape index (κ3) is 10.9. The first-order valence-corrected chi connectivity index (χ1v) is 7.66. The fourth-order valence-electron chi connectivity index (χ4n) is 1.03. The summed E-state index contributed by atoms with van der Waals surface area (Å²) in [4.78, 5) is 0. The van der Waals surface area contributed by atoms with Crippen LogP contribution >= 0.6 is 17.2 Å². The summed E-state index contributed by atoms with van der Waals surface area (Å²) in [5.74, 6) is 0. The second kappa shape index (κ2) is 10.9. The molecule has 0 N–H and O–H groups in total. The first kappa shape index (κ1) is 11.9. The van der Waals surface area contributed by atoms with Gasteiger partial charge in [-0.3, -0.25) is 0 Å². The maximum Gasteiger partial charge on any atom is -0.0354 e. The van der Waals surface area contributed by atoms with Crippen LogP contribution in [0.4, 0.5) is 0 Å². The summed E-state index contributed by atoms with van der Waals surface area (Å²) in [6.45, 7) is 4.58. The zero-order valence-electron chi connectivity index (χ0n) is 7.95. The lowest BCUT2D eigenvalue weighted by Gasteiger charge is -1.99. The molecule has 0 aromatic carbocycles. The second-order valence-electron chi connectivity index (χ2n) is 2.77. The molecule has 0 aliphatic heterocycles. The summed E-state index contributed by atoms with van der Waals surface area (Å²) in [5, 5.41) is 0. The summed E-state index contributed by atoms with van der Waals surface area (Å²) in [7, 11) is 2.46. The molecule has 0 fully saturated rings. The fraction of sp³-hybridized carbons (Fsp3) is 1.00. The van der Waals surface area contributed by atoms with Crippen molar-refractivity contribution >= 4 is 17.2 Å². The molecule has 0 rings (SSSR count). The van der Waals surface area contributed by atoms with Crippen LogP contribution < -0.4 is 0 Å². The smallest absolute Gasteiger partial charge is 0.0354 e. The van der Waals surface area contributed by atoms with Crippen LogP contribution in [0.3, 0.4) is 0 Å². The predicted octanol–water partition coefficient (Wildman–Crippen LogP) is 3.55. The molecule has 0 heterocycles. The van der Waals surface area contributed by atoms with Crippen molar-refractivity contribution in [3.05, 3.63) is 0 Å². The molecule has 2 unspecified atom stereocenters. The van der Waals surface area contributed by atoms with Crippen molar-refractivity contribution < 1.29 is 0 Å². The Balaban J connectivity index is 2.69. The molecule has 2 heteroatoms.